The molecule has 0 bridgehead atoms. The number of carbonyl (C=O) groups is 1. The van der Waals surface area contributed by atoms with Crippen LogP contribution in [0.25, 0.3) is 0 Å². The van der Waals surface area contributed by atoms with Crippen molar-refractivity contribution >= 4 is 28.9 Å². The largest absolute Gasteiger partial charge is 0.377 e. The molecule has 3 heteroatoms. The molecule has 0 saturated heterocycles. The number of allylic oxidation sites excluding steroid dienone is 1. The lowest BCUT2D eigenvalue weighted by Gasteiger charge is -2.13. The third-order valence-corrected chi connectivity index (χ3v) is 2.79. The molecule has 0 fully saturated rings. The zero-order chi connectivity index (χ0) is 10.3. The van der Waals surface area contributed by atoms with E-state index in [1.54, 1.807) is 14.0 Å². The van der Waals surface area contributed by atoms with E-state index in [0.29, 0.717) is 0 Å². The van der Waals surface area contributed by atoms with Gasteiger partial charge in [0, 0.05) is 7.11 Å². The zero-order valence-electron chi connectivity index (χ0n) is 8.21. The molecule has 1 atom stereocenters. The van der Waals surface area contributed by atoms with Crippen molar-refractivity contribution in [2.45, 2.75) is 26.4 Å². The number of halogens is 1. The molecule has 0 aliphatic heterocycles. The Morgan fingerprint density at radius 2 is 2.15 bits per heavy atom. The van der Waals surface area contributed by atoms with Gasteiger partial charge in [0.05, 0.1) is 6.10 Å². The first kappa shape index (κ1) is 12.8. The summed E-state index contributed by atoms with van der Waals surface area (Å²) in [5.41, 5.74) is 1.93. The number of carbonyl (C=O) groups excluding carboxylic acids is 1. The molecule has 0 heterocycles. The molecular formula is C10H15IO2. The van der Waals surface area contributed by atoms with Gasteiger partial charge in [-0.3, -0.25) is 4.79 Å². The van der Waals surface area contributed by atoms with Crippen LogP contribution >= 0.6 is 22.6 Å². The molecular weight excluding hydrogens is 279 g/mol. The fourth-order valence-corrected chi connectivity index (χ4v) is 1.28. The molecule has 0 unspecified atom stereocenters. The van der Waals surface area contributed by atoms with E-state index in [1.165, 1.54) is 5.57 Å². The second kappa shape index (κ2) is 7.26. The summed E-state index contributed by atoms with van der Waals surface area (Å²) in [5.74, 6) is 0. The first-order valence-corrected chi connectivity index (χ1v) is 5.31. The summed E-state index contributed by atoms with van der Waals surface area (Å²) in [7, 11) is 1.68. The summed E-state index contributed by atoms with van der Waals surface area (Å²) in [6, 6.07) is 0. The summed E-state index contributed by atoms with van der Waals surface area (Å²) in [4.78, 5) is 10.3. The number of hydrogen-bond donors (Lipinski definition) is 0. The van der Waals surface area contributed by atoms with Crippen LogP contribution in [0, 0.1) is 0 Å². The second-order valence-corrected chi connectivity index (χ2v) is 3.50. The van der Waals surface area contributed by atoms with Crippen LogP contribution in [-0.2, 0) is 9.53 Å². The first-order chi connectivity index (χ1) is 6.15. The maximum atomic E-state index is 10.3. The van der Waals surface area contributed by atoms with Crippen LogP contribution in [0.5, 0.6) is 0 Å². The van der Waals surface area contributed by atoms with Gasteiger partial charge in [-0.2, -0.15) is 0 Å². The summed E-state index contributed by atoms with van der Waals surface area (Å²) in [5, 5.41) is 0. The van der Waals surface area contributed by atoms with Gasteiger partial charge >= 0.3 is 0 Å². The van der Waals surface area contributed by atoms with Crippen LogP contribution in [0.2, 0.25) is 0 Å². The molecule has 0 saturated carbocycles. The third kappa shape index (κ3) is 5.21. The van der Waals surface area contributed by atoms with E-state index in [0.717, 1.165) is 18.3 Å². The minimum atomic E-state index is 0.0896. The molecule has 0 amide bonds. The van der Waals surface area contributed by atoms with Gasteiger partial charge in [-0.25, -0.2) is 0 Å². The van der Waals surface area contributed by atoms with E-state index in [2.05, 4.69) is 22.6 Å². The van der Waals surface area contributed by atoms with Crippen molar-refractivity contribution in [3.05, 3.63) is 21.3 Å². The van der Waals surface area contributed by atoms with E-state index >= 15 is 0 Å². The lowest BCUT2D eigenvalue weighted by molar-refractivity contribution is -0.104. The highest BCUT2D eigenvalue weighted by atomic mass is 127. The molecule has 0 aromatic carbocycles. The van der Waals surface area contributed by atoms with Crippen molar-refractivity contribution < 1.29 is 9.53 Å². The summed E-state index contributed by atoms with van der Waals surface area (Å²) < 4.78 is 7.26. The third-order valence-electron chi connectivity index (χ3n) is 1.80. The summed E-state index contributed by atoms with van der Waals surface area (Å²) in [6.07, 6.45) is 3.60. The Morgan fingerprint density at radius 3 is 2.54 bits per heavy atom. The molecule has 2 nitrogen and oxygen atoms in total. The van der Waals surface area contributed by atoms with Crippen molar-refractivity contribution in [1.82, 2.24) is 0 Å². The SMILES string of the molecule is CO[C@H](C/C=C(\C)C=O)/C(C)=C/I. The van der Waals surface area contributed by atoms with Gasteiger partial charge < -0.3 is 4.74 Å². The normalized spacial score (nSPS) is 15.7. The Balaban J connectivity index is 4.22. The van der Waals surface area contributed by atoms with Gasteiger partial charge in [0.15, 0.2) is 0 Å². The van der Waals surface area contributed by atoms with E-state index in [1.807, 2.05) is 17.1 Å². The fraction of sp³-hybridized carbons (Fsp3) is 0.500. The van der Waals surface area contributed by atoms with Crippen molar-refractivity contribution in [1.29, 1.82) is 0 Å². The lowest BCUT2D eigenvalue weighted by Crippen LogP contribution is -2.10. The number of methoxy groups -OCH3 is 1. The molecule has 0 aliphatic carbocycles. The van der Waals surface area contributed by atoms with E-state index < -0.39 is 0 Å². The van der Waals surface area contributed by atoms with Gasteiger partial charge in [-0.05, 0) is 35.5 Å². The van der Waals surface area contributed by atoms with Gasteiger partial charge in [-0.1, -0.05) is 28.7 Å². The van der Waals surface area contributed by atoms with Crippen LogP contribution in [0.3, 0.4) is 0 Å². The van der Waals surface area contributed by atoms with Crippen LogP contribution < -0.4 is 0 Å². The standard InChI is InChI=1S/C10H15IO2/c1-8(7-12)4-5-10(13-3)9(2)6-11/h4,6-7,10H,5H2,1-3H3/b8-4+,9-6+/t10-/m1/s1. The molecule has 0 aliphatic rings. The predicted molar refractivity (Wildman–Crippen MR) is 63.0 cm³/mol. The van der Waals surface area contributed by atoms with Gasteiger partial charge in [0.1, 0.15) is 6.29 Å². The second-order valence-electron chi connectivity index (χ2n) is 2.88. The Morgan fingerprint density at radius 1 is 1.54 bits per heavy atom. The molecule has 0 N–H and O–H groups in total. The number of aldehydes is 1. The van der Waals surface area contributed by atoms with Gasteiger partial charge in [0.2, 0.25) is 0 Å². The molecule has 0 aromatic heterocycles. The average Bonchev–Trinajstić information content (AvgIpc) is 2.17. The minimum absolute atomic E-state index is 0.0896. The van der Waals surface area contributed by atoms with Crippen LogP contribution in [0.4, 0.5) is 0 Å². The summed E-state index contributed by atoms with van der Waals surface area (Å²) in [6.45, 7) is 3.81. The molecule has 0 rings (SSSR count). The highest BCUT2D eigenvalue weighted by Gasteiger charge is 2.06. The van der Waals surface area contributed by atoms with E-state index in [4.69, 9.17) is 4.74 Å². The van der Waals surface area contributed by atoms with Crippen LogP contribution in [-0.4, -0.2) is 19.5 Å². The Kier molecular flexibility index (Phi) is 7.17. The smallest absolute Gasteiger partial charge is 0.145 e. The molecule has 74 valence electrons. The van der Waals surface area contributed by atoms with Crippen molar-refractivity contribution in [3.63, 3.8) is 0 Å². The Labute approximate surface area is 93.2 Å². The fourth-order valence-electron chi connectivity index (χ4n) is 0.879. The highest BCUT2D eigenvalue weighted by Crippen LogP contribution is 2.12. The van der Waals surface area contributed by atoms with Crippen LogP contribution in [0.1, 0.15) is 20.3 Å². The Hall–Kier alpha value is -0.160. The number of ether oxygens (including phenoxy) is 1. The molecule has 0 radical (unpaired) electrons. The van der Waals surface area contributed by atoms with Crippen molar-refractivity contribution in [2.75, 3.05) is 7.11 Å². The van der Waals surface area contributed by atoms with Crippen LogP contribution in [0.15, 0.2) is 21.3 Å². The van der Waals surface area contributed by atoms with Crippen molar-refractivity contribution in [2.24, 2.45) is 0 Å². The number of hydrogen-bond acceptors (Lipinski definition) is 2. The highest BCUT2D eigenvalue weighted by molar-refractivity contribution is 14.1. The van der Waals surface area contributed by atoms with Crippen molar-refractivity contribution in [3.8, 4) is 0 Å². The summed E-state index contributed by atoms with van der Waals surface area (Å²) >= 11 is 2.19. The first-order valence-electron chi connectivity index (χ1n) is 4.07. The van der Waals surface area contributed by atoms with Gasteiger partial charge in [-0.15, -0.1) is 0 Å². The maximum Gasteiger partial charge on any atom is 0.145 e. The molecule has 0 aromatic rings. The monoisotopic (exact) mass is 294 g/mol. The predicted octanol–water partition coefficient (Wildman–Crippen LogP) is 2.88. The quantitative estimate of drug-likeness (QED) is 0.443. The van der Waals surface area contributed by atoms with E-state index in [9.17, 15) is 4.79 Å². The number of rotatable bonds is 5. The van der Waals surface area contributed by atoms with Gasteiger partial charge in [0.25, 0.3) is 0 Å². The average molecular weight is 294 g/mol. The zero-order valence-corrected chi connectivity index (χ0v) is 10.4. The maximum absolute atomic E-state index is 10.3. The topological polar surface area (TPSA) is 26.3 Å². The van der Waals surface area contributed by atoms with E-state index in [-0.39, 0.29) is 6.10 Å². The lowest BCUT2D eigenvalue weighted by atomic mass is 10.1. The molecule has 0 spiro atoms. The molecule has 13 heavy (non-hydrogen) atoms. The Bertz CT molecular complexity index is 219. The minimum Gasteiger partial charge on any atom is -0.377 e.